The summed E-state index contributed by atoms with van der Waals surface area (Å²) in [5, 5.41) is 13.2. The highest BCUT2D eigenvalue weighted by Gasteiger charge is 2.11. The van der Waals surface area contributed by atoms with E-state index in [9.17, 15) is 4.79 Å². The van der Waals surface area contributed by atoms with Crippen LogP contribution in [0.1, 0.15) is 15.5 Å². The van der Waals surface area contributed by atoms with E-state index in [1.807, 2.05) is 11.4 Å². The Balaban J connectivity index is 2.09. The van der Waals surface area contributed by atoms with E-state index in [0.29, 0.717) is 5.82 Å². The minimum absolute atomic E-state index is 0.0352. The summed E-state index contributed by atoms with van der Waals surface area (Å²) < 4.78 is 0. The van der Waals surface area contributed by atoms with Crippen molar-refractivity contribution in [3.8, 4) is 0 Å². The van der Waals surface area contributed by atoms with E-state index in [-0.39, 0.29) is 12.2 Å². The number of carbonyl (C=O) groups excluding carboxylic acids is 1. The zero-order valence-electron chi connectivity index (χ0n) is 7.54. The Morgan fingerprint density at radius 3 is 3.07 bits per heavy atom. The number of hydrogen-bond acceptors (Lipinski definition) is 5. The highest BCUT2D eigenvalue weighted by atomic mass is 32.1. The molecule has 0 N–H and O–H groups in total. The average Bonchev–Trinajstić information content (AvgIpc) is 2.75. The van der Waals surface area contributed by atoms with E-state index in [0.717, 1.165) is 4.88 Å². The fourth-order valence-electron chi connectivity index (χ4n) is 1.06. The van der Waals surface area contributed by atoms with E-state index in [4.69, 9.17) is 0 Å². The molecule has 0 bridgehead atoms. The third-order valence-electron chi connectivity index (χ3n) is 1.66. The van der Waals surface area contributed by atoms with Crippen molar-refractivity contribution in [2.24, 2.45) is 7.05 Å². The van der Waals surface area contributed by atoms with Gasteiger partial charge in [0.05, 0.1) is 18.3 Å². The molecule has 2 aromatic rings. The first-order valence-corrected chi connectivity index (χ1v) is 4.93. The molecular formula is C8H8N4OS. The monoisotopic (exact) mass is 208 g/mol. The summed E-state index contributed by atoms with van der Waals surface area (Å²) in [6.45, 7) is 0. The van der Waals surface area contributed by atoms with E-state index in [1.165, 1.54) is 16.1 Å². The molecule has 0 spiro atoms. The van der Waals surface area contributed by atoms with Crippen molar-refractivity contribution < 1.29 is 4.79 Å². The molecule has 0 atom stereocenters. The molecule has 2 aromatic heterocycles. The quantitative estimate of drug-likeness (QED) is 0.696. The zero-order valence-corrected chi connectivity index (χ0v) is 8.36. The molecule has 14 heavy (non-hydrogen) atoms. The molecule has 72 valence electrons. The zero-order chi connectivity index (χ0) is 9.97. The number of Topliss-reactive ketones (excluding diaryl/α,β-unsaturated/α-hetero) is 1. The number of ketones is 1. The molecule has 6 heteroatoms. The summed E-state index contributed by atoms with van der Waals surface area (Å²) in [4.78, 5) is 13.7. The Morgan fingerprint density at radius 2 is 2.50 bits per heavy atom. The lowest BCUT2D eigenvalue weighted by atomic mass is 10.2. The van der Waals surface area contributed by atoms with Crippen molar-refractivity contribution in [2.45, 2.75) is 6.42 Å². The molecule has 5 nitrogen and oxygen atoms in total. The van der Waals surface area contributed by atoms with Crippen LogP contribution in [0.3, 0.4) is 0 Å². The van der Waals surface area contributed by atoms with Crippen molar-refractivity contribution in [3.05, 3.63) is 28.2 Å². The van der Waals surface area contributed by atoms with Crippen LogP contribution in [0.2, 0.25) is 0 Å². The number of carbonyl (C=O) groups is 1. The van der Waals surface area contributed by atoms with Gasteiger partial charge in [-0.2, -0.15) is 4.80 Å². The van der Waals surface area contributed by atoms with Gasteiger partial charge >= 0.3 is 0 Å². The first-order valence-electron chi connectivity index (χ1n) is 4.05. The van der Waals surface area contributed by atoms with Crippen molar-refractivity contribution in [3.63, 3.8) is 0 Å². The number of rotatable bonds is 3. The van der Waals surface area contributed by atoms with Gasteiger partial charge in [-0.3, -0.25) is 4.79 Å². The van der Waals surface area contributed by atoms with E-state index in [1.54, 1.807) is 13.1 Å². The predicted molar refractivity (Wildman–Crippen MR) is 51.2 cm³/mol. The van der Waals surface area contributed by atoms with Gasteiger partial charge in [-0.15, -0.1) is 21.5 Å². The maximum atomic E-state index is 11.6. The lowest BCUT2D eigenvalue weighted by Crippen LogP contribution is -2.03. The van der Waals surface area contributed by atoms with Crippen LogP contribution >= 0.6 is 11.3 Å². The number of thiophene rings is 1. The Hall–Kier alpha value is -1.56. The molecule has 0 radical (unpaired) electrons. The number of hydrogen-bond donors (Lipinski definition) is 0. The van der Waals surface area contributed by atoms with Gasteiger partial charge in [-0.1, -0.05) is 6.07 Å². The lowest BCUT2D eigenvalue weighted by Gasteiger charge is -1.90. The Kier molecular flexibility index (Phi) is 2.36. The molecule has 0 saturated heterocycles. The number of aryl methyl sites for hydroxylation is 1. The first kappa shape index (κ1) is 9.01. The average molecular weight is 208 g/mol. The first-order chi connectivity index (χ1) is 6.75. The highest BCUT2D eigenvalue weighted by molar-refractivity contribution is 7.12. The normalized spacial score (nSPS) is 10.4. The predicted octanol–water partition coefficient (Wildman–Crippen LogP) is 0.697. The standard InChI is InChI=1S/C8H8N4OS/c1-12-10-8(9-11-12)5-6(13)7-3-2-4-14-7/h2-4H,5H2,1H3. The summed E-state index contributed by atoms with van der Waals surface area (Å²) in [5.41, 5.74) is 0. The molecule has 0 fully saturated rings. The van der Waals surface area contributed by atoms with Gasteiger partial charge in [0.1, 0.15) is 0 Å². The summed E-state index contributed by atoms with van der Waals surface area (Å²) >= 11 is 1.42. The van der Waals surface area contributed by atoms with Gasteiger partial charge in [0.25, 0.3) is 0 Å². The highest BCUT2D eigenvalue weighted by Crippen LogP contribution is 2.10. The second-order valence-electron chi connectivity index (χ2n) is 2.77. The van der Waals surface area contributed by atoms with Gasteiger partial charge in [-0.25, -0.2) is 0 Å². The molecule has 0 aliphatic rings. The Labute approximate surface area is 84.4 Å². The molecule has 0 aromatic carbocycles. The number of nitrogens with zero attached hydrogens (tertiary/aromatic N) is 4. The molecule has 0 aliphatic heterocycles. The Morgan fingerprint density at radius 1 is 1.64 bits per heavy atom. The second kappa shape index (κ2) is 3.67. The van der Waals surface area contributed by atoms with E-state index in [2.05, 4.69) is 15.4 Å². The number of aromatic nitrogens is 4. The summed E-state index contributed by atoms with van der Waals surface area (Å²) in [7, 11) is 1.67. The molecule has 2 rings (SSSR count). The molecule has 0 amide bonds. The van der Waals surface area contributed by atoms with Crippen LogP contribution in [-0.4, -0.2) is 26.0 Å². The fraction of sp³-hybridized carbons (Fsp3) is 0.250. The lowest BCUT2D eigenvalue weighted by molar-refractivity contribution is 0.0994. The topological polar surface area (TPSA) is 60.7 Å². The molecule has 0 saturated carbocycles. The smallest absolute Gasteiger partial charge is 0.182 e. The van der Waals surface area contributed by atoms with E-state index < -0.39 is 0 Å². The summed E-state index contributed by atoms with van der Waals surface area (Å²) in [5.74, 6) is 0.499. The van der Waals surface area contributed by atoms with Crippen LogP contribution in [0.4, 0.5) is 0 Å². The van der Waals surface area contributed by atoms with Crippen molar-refractivity contribution in [1.82, 2.24) is 20.2 Å². The maximum absolute atomic E-state index is 11.6. The summed E-state index contributed by atoms with van der Waals surface area (Å²) in [6, 6.07) is 3.64. The third-order valence-corrected chi connectivity index (χ3v) is 2.58. The van der Waals surface area contributed by atoms with Gasteiger partial charge in [0.15, 0.2) is 11.6 Å². The minimum atomic E-state index is 0.0352. The molecule has 0 aliphatic carbocycles. The van der Waals surface area contributed by atoms with E-state index >= 15 is 0 Å². The van der Waals surface area contributed by atoms with Gasteiger partial charge in [0.2, 0.25) is 0 Å². The van der Waals surface area contributed by atoms with Crippen LogP contribution in [0, 0.1) is 0 Å². The van der Waals surface area contributed by atoms with Crippen LogP contribution in [0.5, 0.6) is 0 Å². The van der Waals surface area contributed by atoms with Gasteiger partial charge in [-0.05, 0) is 16.7 Å². The maximum Gasteiger partial charge on any atom is 0.182 e. The molecular weight excluding hydrogens is 200 g/mol. The second-order valence-corrected chi connectivity index (χ2v) is 3.72. The van der Waals surface area contributed by atoms with Gasteiger partial charge < -0.3 is 0 Å². The molecule has 0 unspecified atom stereocenters. The Bertz CT molecular complexity index is 434. The summed E-state index contributed by atoms with van der Waals surface area (Å²) in [6.07, 6.45) is 0.217. The third kappa shape index (κ3) is 1.85. The van der Waals surface area contributed by atoms with Gasteiger partial charge in [0, 0.05) is 0 Å². The van der Waals surface area contributed by atoms with Crippen molar-refractivity contribution in [1.29, 1.82) is 0 Å². The van der Waals surface area contributed by atoms with Crippen LogP contribution in [0.15, 0.2) is 17.5 Å². The van der Waals surface area contributed by atoms with Crippen molar-refractivity contribution >= 4 is 17.1 Å². The minimum Gasteiger partial charge on any atom is -0.293 e. The van der Waals surface area contributed by atoms with Crippen LogP contribution in [0.25, 0.3) is 0 Å². The van der Waals surface area contributed by atoms with Crippen LogP contribution < -0.4 is 0 Å². The SMILES string of the molecule is Cn1nnc(CC(=O)c2cccs2)n1. The largest absolute Gasteiger partial charge is 0.293 e. The van der Waals surface area contributed by atoms with Crippen LogP contribution in [-0.2, 0) is 13.5 Å². The van der Waals surface area contributed by atoms with Crippen molar-refractivity contribution in [2.75, 3.05) is 0 Å². The fourth-order valence-corrected chi connectivity index (χ4v) is 1.73. The molecule has 2 heterocycles. The number of tetrazole rings is 1.